The highest BCUT2D eigenvalue weighted by atomic mass is 19.1. The third-order valence-electron chi connectivity index (χ3n) is 2.11. The van der Waals surface area contributed by atoms with Gasteiger partial charge in [-0.2, -0.15) is 0 Å². The fourth-order valence-electron chi connectivity index (χ4n) is 1.31. The lowest BCUT2D eigenvalue weighted by Gasteiger charge is -2.04. The molecule has 2 aromatic rings. The number of aryl methyl sites for hydroxylation is 1. The Morgan fingerprint density at radius 3 is 2.53 bits per heavy atom. The molecule has 0 bridgehead atoms. The summed E-state index contributed by atoms with van der Waals surface area (Å²) in [6.07, 6.45) is 3.01. The summed E-state index contributed by atoms with van der Waals surface area (Å²) in [5, 5.41) is 0. The van der Waals surface area contributed by atoms with Gasteiger partial charge in [0.25, 0.3) is 0 Å². The van der Waals surface area contributed by atoms with Gasteiger partial charge in [0.15, 0.2) is 5.82 Å². The zero-order valence-corrected chi connectivity index (χ0v) is 8.24. The van der Waals surface area contributed by atoms with E-state index in [1.807, 2.05) is 6.92 Å². The Morgan fingerprint density at radius 2 is 1.87 bits per heavy atom. The van der Waals surface area contributed by atoms with Crippen molar-refractivity contribution >= 4 is 5.69 Å². The van der Waals surface area contributed by atoms with Crippen LogP contribution in [0, 0.1) is 12.7 Å². The number of nitrogens with zero attached hydrogens (tertiary/aromatic N) is 2. The van der Waals surface area contributed by atoms with Crippen molar-refractivity contribution in [2.24, 2.45) is 0 Å². The number of anilines is 1. The zero-order valence-electron chi connectivity index (χ0n) is 8.24. The van der Waals surface area contributed by atoms with Gasteiger partial charge in [-0.15, -0.1) is 0 Å². The second-order valence-electron chi connectivity index (χ2n) is 3.30. The van der Waals surface area contributed by atoms with Crippen LogP contribution in [0.25, 0.3) is 11.4 Å². The van der Waals surface area contributed by atoms with Crippen LogP contribution in [0.15, 0.2) is 30.6 Å². The first-order chi connectivity index (χ1) is 7.16. The van der Waals surface area contributed by atoms with Crippen LogP contribution in [0.2, 0.25) is 0 Å². The summed E-state index contributed by atoms with van der Waals surface area (Å²) in [6.45, 7) is 1.88. The van der Waals surface area contributed by atoms with E-state index in [0.717, 1.165) is 5.56 Å². The molecule has 2 rings (SSSR count). The van der Waals surface area contributed by atoms with Crippen LogP contribution in [0.1, 0.15) is 5.56 Å². The van der Waals surface area contributed by atoms with Gasteiger partial charge in [-0.25, -0.2) is 14.4 Å². The molecule has 0 aliphatic carbocycles. The standard InChI is InChI=1S/C11H10FN3/c1-7-2-3-8(12)4-10(7)11-14-5-9(13)6-15-11/h2-6H,13H2,1H3. The molecule has 3 nitrogen and oxygen atoms in total. The first-order valence-corrected chi connectivity index (χ1v) is 4.51. The Bertz CT molecular complexity index is 480. The molecule has 1 aromatic heterocycles. The molecule has 0 radical (unpaired) electrons. The minimum absolute atomic E-state index is 0.295. The Hall–Kier alpha value is -1.97. The highest BCUT2D eigenvalue weighted by Gasteiger charge is 2.05. The van der Waals surface area contributed by atoms with Gasteiger partial charge in [0.1, 0.15) is 5.82 Å². The van der Waals surface area contributed by atoms with Gasteiger partial charge >= 0.3 is 0 Å². The van der Waals surface area contributed by atoms with Crippen molar-refractivity contribution in [2.45, 2.75) is 6.92 Å². The normalized spacial score (nSPS) is 10.3. The van der Waals surface area contributed by atoms with E-state index >= 15 is 0 Å². The van der Waals surface area contributed by atoms with Gasteiger partial charge in [-0.3, -0.25) is 0 Å². The van der Waals surface area contributed by atoms with Crippen molar-refractivity contribution in [3.05, 3.63) is 42.0 Å². The molecule has 0 aliphatic rings. The number of nitrogens with two attached hydrogens (primary N) is 1. The average Bonchev–Trinajstić information content (AvgIpc) is 2.23. The number of nitrogen functional groups attached to an aromatic ring is 1. The average molecular weight is 203 g/mol. The summed E-state index contributed by atoms with van der Waals surface area (Å²) in [7, 11) is 0. The maximum Gasteiger partial charge on any atom is 0.159 e. The molecule has 15 heavy (non-hydrogen) atoms. The predicted octanol–water partition coefficient (Wildman–Crippen LogP) is 2.17. The van der Waals surface area contributed by atoms with Crippen LogP contribution in [0.3, 0.4) is 0 Å². The van der Waals surface area contributed by atoms with Gasteiger partial charge in [0.05, 0.1) is 18.1 Å². The van der Waals surface area contributed by atoms with Crippen molar-refractivity contribution in [3.63, 3.8) is 0 Å². The number of aromatic nitrogens is 2. The molecule has 0 saturated carbocycles. The molecule has 0 spiro atoms. The highest BCUT2D eigenvalue weighted by molar-refractivity contribution is 5.60. The number of hydrogen-bond acceptors (Lipinski definition) is 3. The fraction of sp³-hybridized carbons (Fsp3) is 0.0909. The van der Waals surface area contributed by atoms with Crippen molar-refractivity contribution in [2.75, 3.05) is 5.73 Å². The van der Waals surface area contributed by atoms with E-state index in [4.69, 9.17) is 5.73 Å². The van der Waals surface area contributed by atoms with Crippen molar-refractivity contribution in [1.82, 2.24) is 9.97 Å². The highest BCUT2D eigenvalue weighted by Crippen LogP contribution is 2.20. The second kappa shape index (κ2) is 3.65. The van der Waals surface area contributed by atoms with E-state index in [0.29, 0.717) is 17.1 Å². The lowest BCUT2D eigenvalue weighted by molar-refractivity contribution is 0.627. The van der Waals surface area contributed by atoms with Gasteiger partial charge in [-0.1, -0.05) is 6.07 Å². The SMILES string of the molecule is Cc1ccc(F)cc1-c1ncc(N)cn1. The summed E-state index contributed by atoms with van der Waals surface area (Å²) in [4.78, 5) is 8.10. The van der Waals surface area contributed by atoms with Gasteiger partial charge < -0.3 is 5.73 Å². The van der Waals surface area contributed by atoms with E-state index in [-0.39, 0.29) is 5.82 Å². The van der Waals surface area contributed by atoms with E-state index in [9.17, 15) is 4.39 Å². The fourth-order valence-corrected chi connectivity index (χ4v) is 1.31. The van der Waals surface area contributed by atoms with Gasteiger partial charge in [0.2, 0.25) is 0 Å². The molecule has 2 N–H and O–H groups in total. The summed E-state index contributed by atoms with van der Waals surface area (Å²) >= 11 is 0. The van der Waals surface area contributed by atoms with Crippen LogP contribution in [0.4, 0.5) is 10.1 Å². The number of rotatable bonds is 1. The molecule has 4 heteroatoms. The van der Waals surface area contributed by atoms with Crippen LogP contribution in [-0.2, 0) is 0 Å². The molecule has 0 fully saturated rings. The quantitative estimate of drug-likeness (QED) is 0.772. The third-order valence-corrected chi connectivity index (χ3v) is 2.11. The third kappa shape index (κ3) is 1.93. The van der Waals surface area contributed by atoms with Gasteiger partial charge in [-0.05, 0) is 24.6 Å². The lowest BCUT2D eigenvalue weighted by Crippen LogP contribution is -1.94. The molecule has 0 saturated heterocycles. The smallest absolute Gasteiger partial charge is 0.159 e. The monoisotopic (exact) mass is 203 g/mol. The van der Waals surface area contributed by atoms with Crippen molar-refractivity contribution < 1.29 is 4.39 Å². The van der Waals surface area contributed by atoms with Crippen LogP contribution in [-0.4, -0.2) is 9.97 Å². The minimum Gasteiger partial charge on any atom is -0.396 e. The molecule has 1 aromatic carbocycles. The number of halogens is 1. The van der Waals surface area contributed by atoms with E-state index in [1.165, 1.54) is 24.5 Å². The maximum atomic E-state index is 13.0. The number of benzene rings is 1. The Morgan fingerprint density at radius 1 is 1.20 bits per heavy atom. The van der Waals surface area contributed by atoms with Crippen LogP contribution >= 0.6 is 0 Å². The van der Waals surface area contributed by atoms with E-state index < -0.39 is 0 Å². The topological polar surface area (TPSA) is 51.8 Å². The van der Waals surface area contributed by atoms with Crippen LogP contribution < -0.4 is 5.73 Å². The van der Waals surface area contributed by atoms with Crippen LogP contribution in [0.5, 0.6) is 0 Å². The zero-order chi connectivity index (χ0) is 10.8. The summed E-state index contributed by atoms with van der Waals surface area (Å²) in [5.74, 6) is 0.192. The first-order valence-electron chi connectivity index (χ1n) is 4.51. The van der Waals surface area contributed by atoms with E-state index in [1.54, 1.807) is 6.07 Å². The molecule has 0 aliphatic heterocycles. The van der Waals surface area contributed by atoms with Gasteiger partial charge in [0, 0.05) is 5.56 Å². The summed E-state index contributed by atoms with van der Waals surface area (Å²) in [6, 6.07) is 4.53. The molecule has 0 atom stereocenters. The maximum absolute atomic E-state index is 13.0. The van der Waals surface area contributed by atoms with Crippen molar-refractivity contribution in [1.29, 1.82) is 0 Å². The Labute approximate surface area is 86.8 Å². The lowest BCUT2D eigenvalue weighted by atomic mass is 10.1. The molecule has 0 unspecified atom stereocenters. The predicted molar refractivity (Wildman–Crippen MR) is 56.6 cm³/mol. The largest absolute Gasteiger partial charge is 0.396 e. The van der Waals surface area contributed by atoms with Crippen molar-refractivity contribution in [3.8, 4) is 11.4 Å². The Kier molecular flexibility index (Phi) is 2.33. The summed E-state index contributed by atoms with van der Waals surface area (Å²) < 4.78 is 13.0. The molecule has 76 valence electrons. The molecule has 1 heterocycles. The molecular formula is C11H10FN3. The van der Waals surface area contributed by atoms with E-state index in [2.05, 4.69) is 9.97 Å². The second-order valence-corrected chi connectivity index (χ2v) is 3.30. The minimum atomic E-state index is -0.295. The summed E-state index contributed by atoms with van der Waals surface area (Å²) in [5.41, 5.74) is 7.59. The number of hydrogen-bond donors (Lipinski definition) is 1. The molecular weight excluding hydrogens is 193 g/mol. The first kappa shape index (κ1) is 9.58. The Balaban J connectivity index is 2.53. The molecule has 0 amide bonds.